The fraction of sp³-hybridized carbons (Fsp3) is 0.211. The number of carbonyl (C=O) groups excluding carboxylic acids is 1. The van der Waals surface area contributed by atoms with Crippen molar-refractivity contribution in [3.8, 4) is 5.75 Å². The summed E-state index contributed by atoms with van der Waals surface area (Å²) in [6.45, 7) is 1.13. The summed E-state index contributed by atoms with van der Waals surface area (Å²) in [5.74, 6) is -0.673. The average Bonchev–Trinajstić information content (AvgIpc) is 3.08. The zero-order valence-electron chi connectivity index (χ0n) is 14.3. The van der Waals surface area contributed by atoms with Crippen molar-refractivity contribution in [3.63, 3.8) is 0 Å². The molecule has 138 valence electrons. The van der Waals surface area contributed by atoms with Crippen LogP contribution in [0.5, 0.6) is 5.75 Å². The normalized spacial score (nSPS) is 13.6. The molecule has 3 aromatic rings. The van der Waals surface area contributed by atoms with E-state index in [1.807, 2.05) is 0 Å². The molecule has 0 atom stereocenters. The van der Waals surface area contributed by atoms with E-state index in [0.717, 1.165) is 0 Å². The van der Waals surface area contributed by atoms with Crippen molar-refractivity contribution in [1.29, 1.82) is 0 Å². The first-order valence-corrected chi connectivity index (χ1v) is 8.44. The van der Waals surface area contributed by atoms with Crippen molar-refractivity contribution in [2.24, 2.45) is 0 Å². The lowest BCUT2D eigenvalue weighted by atomic mass is 10.2. The first kappa shape index (κ1) is 17.1. The Morgan fingerprint density at radius 1 is 1.11 bits per heavy atom. The molecule has 0 unspecified atom stereocenters. The summed E-state index contributed by atoms with van der Waals surface area (Å²) in [6.07, 6.45) is 1.50. The highest BCUT2D eigenvalue weighted by molar-refractivity contribution is 5.93. The Balaban J connectivity index is 1.46. The van der Waals surface area contributed by atoms with Crippen LogP contribution in [0.4, 0.5) is 8.78 Å². The Morgan fingerprint density at radius 2 is 2.00 bits per heavy atom. The third-order valence-corrected chi connectivity index (χ3v) is 4.28. The van der Waals surface area contributed by atoms with Gasteiger partial charge in [0, 0.05) is 18.8 Å². The maximum atomic E-state index is 13.8. The molecule has 6 nitrogen and oxygen atoms in total. The van der Waals surface area contributed by atoms with E-state index in [9.17, 15) is 13.6 Å². The highest BCUT2D eigenvalue weighted by Gasteiger charge is 2.27. The molecule has 0 N–H and O–H groups in total. The first-order valence-electron chi connectivity index (χ1n) is 8.44. The van der Waals surface area contributed by atoms with Gasteiger partial charge in [0.1, 0.15) is 35.4 Å². The summed E-state index contributed by atoms with van der Waals surface area (Å²) >= 11 is 0. The van der Waals surface area contributed by atoms with Crippen molar-refractivity contribution in [1.82, 2.24) is 19.7 Å². The Kier molecular flexibility index (Phi) is 4.53. The van der Waals surface area contributed by atoms with Crippen molar-refractivity contribution in [2.45, 2.75) is 19.7 Å². The maximum Gasteiger partial charge on any atom is 0.272 e. The number of pyridine rings is 1. The minimum atomic E-state index is -0.437. The molecule has 4 rings (SSSR count). The summed E-state index contributed by atoms with van der Waals surface area (Å²) < 4.78 is 34.1. The first-order chi connectivity index (χ1) is 13.1. The van der Waals surface area contributed by atoms with Crippen LogP contribution in [0.15, 0.2) is 48.7 Å². The lowest BCUT2D eigenvalue weighted by molar-refractivity contribution is 0.0679. The average molecular weight is 370 g/mol. The van der Waals surface area contributed by atoms with Crippen LogP contribution >= 0.6 is 0 Å². The number of fused-ring (bicyclic) bond motifs is 1. The predicted molar refractivity (Wildman–Crippen MR) is 91.9 cm³/mol. The van der Waals surface area contributed by atoms with Crippen molar-refractivity contribution < 1.29 is 18.3 Å². The smallest absolute Gasteiger partial charge is 0.272 e. The van der Waals surface area contributed by atoms with Crippen molar-refractivity contribution >= 4 is 5.91 Å². The zero-order chi connectivity index (χ0) is 18.8. The van der Waals surface area contributed by atoms with Gasteiger partial charge in [-0.3, -0.25) is 14.5 Å². The summed E-state index contributed by atoms with van der Waals surface area (Å²) in [5, 5.41) is 4.36. The van der Waals surface area contributed by atoms with Gasteiger partial charge in [-0.25, -0.2) is 8.78 Å². The quantitative estimate of drug-likeness (QED) is 0.693. The molecule has 1 aliphatic rings. The van der Waals surface area contributed by atoms with E-state index in [1.165, 1.54) is 30.5 Å². The highest BCUT2D eigenvalue weighted by atomic mass is 19.1. The van der Waals surface area contributed by atoms with E-state index < -0.39 is 5.82 Å². The Labute approximate surface area is 154 Å². The minimum Gasteiger partial charge on any atom is -0.487 e. The fourth-order valence-electron chi connectivity index (χ4n) is 2.94. The van der Waals surface area contributed by atoms with Crippen molar-refractivity contribution in [3.05, 3.63) is 77.4 Å². The molecule has 0 aliphatic carbocycles. The molecular formula is C19H16F2N4O2. The molecule has 0 spiro atoms. The number of aromatic nitrogens is 3. The van der Waals surface area contributed by atoms with E-state index in [2.05, 4.69) is 10.1 Å². The van der Waals surface area contributed by atoms with E-state index in [4.69, 9.17) is 4.74 Å². The van der Waals surface area contributed by atoms with E-state index in [0.29, 0.717) is 30.2 Å². The molecule has 0 bridgehead atoms. The summed E-state index contributed by atoms with van der Waals surface area (Å²) in [4.78, 5) is 18.2. The zero-order valence-corrected chi connectivity index (χ0v) is 14.3. The third-order valence-electron chi connectivity index (χ3n) is 4.28. The molecule has 1 aliphatic heterocycles. The summed E-state index contributed by atoms with van der Waals surface area (Å²) in [7, 11) is 0. The van der Waals surface area contributed by atoms with Gasteiger partial charge >= 0.3 is 0 Å². The topological polar surface area (TPSA) is 60.2 Å². The molecule has 0 radical (unpaired) electrons. The van der Waals surface area contributed by atoms with Crippen LogP contribution < -0.4 is 4.74 Å². The molecule has 1 amide bonds. The number of hydrogen-bond donors (Lipinski definition) is 0. The number of rotatable bonds is 5. The van der Waals surface area contributed by atoms with Gasteiger partial charge in [0.2, 0.25) is 0 Å². The van der Waals surface area contributed by atoms with Crippen LogP contribution in [0.2, 0.25) is 0 Å². The molecule has 27 heavy (non-hydrogen) atoms. The molecule has 1 aromatic carbocycles. The Hall–Kier alpha value is -3.29. The van der Waals surface area contributed by atoms with Gasteiger partial charge in [-0.15, -0.1) is 0 Å². The van der Waals surface area contributed by atoms with Crippen LogP contribution in [-0.2, 0) is 19.7 Å². The number of nitrogens with zero attached hydrogens (tertiary/aromatic N) is 4. The van der Waals surface area contributed by atoms with E-state index >= 15 is 0 Å². The number of amides is 1. The van der Waals surface area contributed by atoms with Crippen LogP contribution in [0, 0.1) is 11.6 Å². The van der Waals surface area contributed by atoms with Gasteiger partial charge in [-0.2, -0.15) is 5.10 Å². The maximum absolute atomic E-state index is 13.8. The second kappa shape index (κ2) is 7.14. The van der Waals surface area contributed by atoms with Gasteiger partial charge in [-0.05, 0) is 30.3 Å². The molecular weight excluding hydrogens is 354 g/mol. The fourth-order valence-corrected chi connectivity index (χ4v) is 2.94. The second-order valence-corrected chi connectivity index (χ2v) is 6.15. The second-order valence-electron chi connectivity index (χ2n) is 6.15. The van der Waals surface area contributed by atoms with Gasteiger partial charge in [0.15, 0.2) is 0 Å². The Bertz CT molecular complexity index is 989. The van der Waals surface area contributed by atoms with E-state index in [1.54, 1.807) is 27.8 Å². The molecule has 8 heteroatoms. The molecule has 3 heterocycles. The standard InChI is InChI=1S/C19H16F2N4O2/c20-13-3-1-4-15(9-13)27-12-14-10-18-19(26)24(7-8-25(18)23-14)11-17-16(21)5-2-6-22-17/h1-6,9-10H,7-8,11-12H2. The molecule has 2 aromatic heterocycles. The van der Waals surface area contributed by atoms with Crippen LogP contribution in [0.1, 0.15) is 21.9 Å². The molecule has 0 saturated heterocycles. The van der Waals surface area contributed by atoms with Crippen molar-refractivity contribution in [2.75, 3.05) is 6.54 Å². The predicted octanol–water partition coefficient (Wildman–Crippen LogP) is 2.79. The number of halogens is 2. The molecule has 0 saturated carbocycles. The monoisotopic (exact) mass is 370 g/mol. The van der Waals surface area contributed by atoms with Gasteiger partial charge in [0.25, 0.3) is 5.91 Å². The third kappa shape index (κ3) is 3.64. The lowest BCUT2D eigenvalue weighted by Crippen LogP contribution is -2.40. The van der Waals surface area contributed by atoms with Crippen LogP contribution in [0.25, 0.3) is 0 Å². The van der Waals surface area contributed by atoms with Crippen LogP contribution in [0.3, 0.4) is 0 Å². The SMILES string of the molecule is O=C1c2cc(COc3cccc(F)c3)nn2CCN1Cc1ncccc1F. The molecule has 0 fully saturated rings. The number of carbonyl (C=O) groups is 1. The minimum absolute atomic E-state index is 0.103. The number of ether oxygens (including phenoxy) is 1. The number of hydrogen-bond acceptors (Lipinski definition) is 4. The van der Waals surface area contributed by atoms with Crippen LogP contribution in [-0.4, -0.2) is 32.1 Å². The number of benzene rings is 1. The van der Waals surface area contributed by atoms with Gasteiger partial charge in [0.05, 0.1) is 18.8 Å². The lowest BCUT2D eigenvalue weighted by Gasteiger charge is -2.27. The van der Waals surface area contributed by atoms with E-state index in [-0.39, 0.29) is 30.6 Å². The largest absolute Gasteiger partial charge is 0.487 e. The Morgan fingerprint density at radius 3 is 2.81 bits per heavy atom. The highest BCUT2D eigenvalue weighted by Crippen LogP contribution is 2.19. The summed E-state index contributed by atoms with van der Waals surface area (Å²) in [5.41, 5.74) is 1.21. The summed E-state index contributed by atoms with van der Waals surface area (Å²) in [6, 6.07) is 10.3. The van der Waals surface area contributed by atoms with Gasteiger partial charge in [-0.1, -0.05) is 6.07 Å². The van der Waals surface area contributed by atoms with Gasteiger partial charge < -0.3 is 9.64 Å².